The Bertz CT molecular complexity index is 490. The van der Waals surface area contributed by atoms with Crippen LogP contribution in [0.3, 0.4) is 0 Å². The zero-order valence-corrected chi connectivity index (χ0v) is 9.08. The Kier molecular flexibility index (Phi) is 2.91. The molecule has 1 aromatic carbocycles. The summed E-state index contributed by atoms with van der Waals surface area (Å²) in [4.78, 5) is 11.2. The molecule has 0 bridgehead atoms. The molecule has 0 amide bonds. The molecule has 4 nitrogen and oxygen atoms in total. The third kappa shape index (κ3) is 2.12. The van der Waals surface area contributed by atoms with Crippen LogP contribution in [0.4, 0.5) is 0 Å². The van der Waals surface area contributed by atoms with Gasteiger partial charge in [0.15, 0.2) is 0 Å². The van der Waals surface area contributed by atoms with Crippen molar-refractivity contribution in [3.63, 3.8) is 0 Å². The number of benzene rings is 1. The lowest BCUT2D eigenvalue weighted by molar-refractivity contribution is -0.786. The van der Waals surface area contributed by atoms with Crippen LogP contribution < -0.4 is 10.3 Å². The summed E-state index contributed by atoms with van der Waals surface area (Å²) in [7, 11) is 0. The molecular formula is C10H11N2O2S+. The van der Waals surface area contributed by atoms with Crippen LogP contribution in [0.5, 0.6) is 0 Å². The molecule has 0 radical (unpaired) electrons. The second-order valence-corrected chi connectivity index (χ2v) is 3.86. The van der Waals surface area contributed by atoms with E-state index in [0.717, 1.165) is 5.56 Å². The fourth-order valence-corrected chi connectivity index (χ4v) is 1.89. The van der Waals surface area contributed by atoms with E-state index in [1.807, 2.05) is 36.6 Å². The van der Waals surface area contributed by atoms with Gasteiger partial charge in [-0.25, -0.2) is 4.79 Å². The van der Waals surface area contributed by atoms with Crippen LogP contribution >= 0.6 is 11.8 Å². The van der Waals surface area contributed by atoms with E-state index >= 15 is 0 Å². The molecule has 1 N–H and O–H groups in total. The maximum Gasteiger partial charge on any atom is 0.441 e. The molecular weight excluding hydrogens is 212 g/mol. The highest BCUT2D eigenvalue weighted by molar-refractivity contribution is 7.98. The molecule has 0 aliphatic rings. The lowest BCUT2D eigenvalue weighted by Crippen LogP contribution is -2.39. The summed E-state index contributed by atoms with van der Waals surface area (Å²) in [5.74, 6) is 0. The van der Waals surface area contributed by atoms with E-state index in [2.05, 4.69) is 5.27 Å². The molecule has 0 aliphatic heterocycles. The zero-order valence-electron chi connectivity index (χ0n) is 8.27. The summed E-state index contributed by atoms with van der Waals surface area (Å²) in [5, 5.41) is 3.16. The van der Waals surface area contributed by atoms with Crippen molar-refractivity contribution in [2.24, 2.45) is 0 Å². The van der Waals surface area contributed by atoms with E-state index in [0.29, 0.717) is 11.6 Å². The first-order chi connectivity index (χ1) is 7.31. The summed E-state index contributed by atoms with van der Waals surface area (Å²) >= 11 is 1.37. The summed E-state index contributed by atoms with van der Waals surface area (Å²) in [6.45, 7) is 0.614. The van der Waals surface area contributed by atoms with Crippen LogP contribution in [0, 0.1) is 0 Å². The number of H-pyrrole nitrogens is 1. The standard InChI is InChI=1S/C10H10N2O2S/c1-15-9-10(13)14-11-12(9)7-8-5-3-2-4-6-8/h2-6H,7H2,1H3/p+1. The molecule has 0 saturated carbocycles. The number of aromatic amines is 1. The van der Waals surface area contributed by atoms with Crippen molar-refractivity contribution < 1.29 is 9.20 Å². The van der Waals surface area contributed by atoms with E-state index in [-0.39, 0.29) is 5.63 Å². The molecule has 5 heteroatoms. The highest BCUT2D eigenvalue weighted by Gasteiger charge is 2.19. The van der Waals surface area contributed by atoms with Gasteiger partial charge in [0.2, 0.25) is 6.54 Å². The predicted octanol–water partition coefficient (Wildman–Crippen LogP) is 1.03. The molecule has 0 atom stereocenters. The van der Waals surface area contributed by atoms with Crippen molar-refractivity contribution in [3.8, 4) is 0 Å². The summed E-state index contributed by atoms with van der Waals surface area (Å²) < 4.78 is 6.42. The first-order valence-electron chi connectivity index (χ1n) is 4.50. The second-order valence-electron chi connectivity index (χ2n) is 3.06. The quantitative estimate of drug-likeness (QED) is 0.624. The number of hydrogen-bond donors (Lipinski definition) is 1. The summed E-state index contributed by atoms with van der Waals surface area (Å²) in [6, 6.07) is 9.90. The average molecular weight is 223 g/mol. The molecule has 1 aromatic heterocycles. The number of nitrogens with one attached hydrogen (secondary N) is 1. The molecule has 2 rings (SSSR count). The Morgan fingerprint density at radius 1 is 1.40 bits per heavy atom. The SMILES string of the molecule is CSc1c(=O)o[nH][n+]1Cc1ccccc1. The third-order valence-electron chi connectivity index (χ3n) is 2.05. The average Bonchev–Trinajstić information content (AvgIpc) is 2.61. The lowest BCUT2D eigenvalue weighted by atomic mass is 10.2. The van der Waals surface area contributed by atoms with E-state index in [1.54, 1.807) is 4.68 Å². The minimum Gasteiger partial charge on any atom is -0.282 e. The molecule has 0 unspecified atom stereocenters. The Morgan fingerprint density at radius 2 is 2.13 bits per heavy atom. The maximum absolute atomic E-state index is 11.2. The van der Waals surface area contributed by atoms with Gasteiger partial charge in [-0.3, -0.25) is 4.52 Å². The second kappa shape index (κ2) is 4.35. The monoisotopic (exact) mass is 223 g/mol. The summed E-state index contributed by atoms with van der Waals surface area (Å²) in [5.41, 5.74) is 0.799. The highest BCUT2D eigenvalue weighted by Crippen LogP contribution is 2.03. The maximum atomic E-state index is 11.2. The Hall–Kier alpha value is -1.49. The van der Waals surface area contributed by atoms with E-state index in [4.69, 9.17) is 4.52 Å². The van der Waals surface area contributed by atoms with Crippen molar-refractivity contribution in [3.05, 3.63) is 46.3 Å². The highest BCUT2D eigenvalue weighted by atomic mass is 32.2. The van der Waals surface area contributed by atoms with Crippen molar-refractivity contribution in [2.45, 2.75) is 11.6 Å². The van der Waals surface area contributed by atoms with Gasteiger partial charge >= 0.3 is 10.7 Å². The van der Waals surface area contributed by atoms with Gasteiger partial charge in [-0.1, -0.05) is 46.8 Å². The number of thioether (sulfide) groups is 1. The molecule has 1 heterocycles. The van der Waals surface area contributed by atoms with Crippen LogP contribution in [0.1, 0.15) is 5.56 Å². The molecule has 78 valence electrons. The molecule has 0 aliphatic carbocycles. The van der Waals surface area contributed by atoms with Crippen LogP contribution in [-0.2, 0) is 6.54 Å². The van der Waals surface area contributed by atoms with E-state index in [1.165, 1.54) is 11.8 Å². The Balaban J connectivity index is 2.29. The van der Waals surface area contributed by atoms with Gasteiger partial charge in [0.1, 0.15) is 0 Å². The minimum atomic E-state index is -0.321. The molecule has 0 spiro atoms. The Morgan fingerprint density at radius 3 is 2.80 bits per heavy atom. The number of aromatic nitrogens is 2. The van der Waals surface area contributed by atoms with Crippen LogP contribution in [0.15, 0.2) is 44.7 Å². The smallest absolute Gasteiger partial charge is 0.282 e. The first kappa shape index (κ1) is 10.0. The van der Waals surface area contributed by atoms with Crippen LogP contribution in [0.2, 0.25) is 0 Å². The van der Waals surface area contributed by atoms with Gasteiger partial charge in [0.25, 0.3) is 0 Å². The minimum absolute atomic E-state index is 0.321. The van der Waals surface area contributed by atoms with Gasteiger partial charge in [-0.05, 0) is 11.5 Å². The van der Waals surface area contributed by atoms with Crippen molar-refractivity contribution in [1.82, 2.24) is 5.27 Å². The molecule has 15 heavy (non-hydrogen) atoms. The molecule has 0 fully saturated rings. The first-order valence-corrected chi connectivity index (χ1v) is 5.73. The topological polar surface area (TPSA) is 49.9 Å². The number of rotatable bonds is 3. The Labute approximate surface area is 90.9 Å². The van der Waals surface area contributed by atoms with Gasteiger partial charge in [-0.15, -0.1) is 0 Å². The zero-order chi connectivity index (χ0) is 10.7. The van der Waals surface area contributed by atoms with Gasteiger partial charge in [-0.2, -0.15) is 0 Å². The van der Waals surface area contributed by atoms with E-state index < -0.39 is 0 Å². The molecule has 0 saturated heterocycles. The number of nitrogens with zero attached hydrogens (tertiary/aromatic N) is 1. The largest absolute Gasteiger partial charge is 0.441 e. The fraction of sp³-hybridized carbons (Fsp3) is 0.200. The molecule has 2 aromatic rings. The lowest BCUT2D eigenvalue weighted by Gasteiger charge is -1.93. The summed E-state index contributed by atoms with van der Waals surface area (Å²) in [6.07, 6.45) is 1.85. The van der Waals surface area contributed by atoms with Gasteiger partial charge < -0.3 is 0 Å². The van der Waals surface area contributed by atoms with Gasteiger partial charge in [0, 0.05) is 5.56 Å². The van der Waals surface area contributed by atoms with Crippen molar-refractivity contribution in [2.75, 3.05) is 6.26 Å². The van der Waals surface area contributed by atoms with Crippen molar-refractivity contribution in [1.29, 1.82) is 0 Å². The predicted molar refractivity (Wildman–Crippen MR) is 56.8 cm³/mol. The van der Waals surface area contributed by atoms with Crippen LogP contribution in [0.25, 0.3) is 0 Å². The van der Waals surface area contributed by atoms with E-state index in [9.17, 15) is 4.79 Å². The van der Waals surface area contributed by atoms with Crippen molar-refractivity contribution >= 4 is 11.8 Å². The van der Waals surface area contributed by atoms with Crippen LogP contribution in [-0.4, -0.2) is 11.5 Å². The van der Waals surface area contributed by atoms with Gasteiger partial charge in [0.05, 0.1) is 0 Å². The normalized spacial score (nSPS) is 10.5. The fourth-order valence-electron chi connectivity index (χ4n) is 1.36. The number of hydrogen-bond acceptors (Lipinski definition) is 3. The third-order valence-corrected chi connectivity index (χ3v) is 2.82.